The number of nitrogens with zero attached hydrogens (tertiary/aromatic N) is 2. The Morgan fingerprint density at radius 2 is 2.62 bits per heavy atom. The minimum Gasteiger partial charge on any atom is -0.361 e. The zero-order chi connectivity index (χ0) is 5.82. The van der Waals surface area contributed by atoms with Crippen LogP contribution in [0.25, 0.3) is 5.53 Å². The van der Waals surface area contributed by atoms with Gasteiger partial charge in [-0.3, -0.25) is 0 Å². The third-order valence-electron chi connectivity index (χ3n) is 0.929. The van der Waals surface area contributed by atoms with Crippen molar-refractivity contribution in [2.24, 2.45) is 0 Å². The molecule has 0 N–H and O–H groups in total. The van der Waals surface area contributed by atoms with Crippen molar-refractivity contribution in [2.45, 2.75) is 6.42 Å². The molecule has 0 heterocycles. The third-order valence-corrected chi connectivity index (χ3v) is 0.929. The second-order valence-electron chi connectivity index (χ2n) is 1.50. The van der Waals surface area contributed by atoms with Crippen LogP contribution < -0.4 is 0 Å². The van der Waals surface area contributed by atoms with Crippen molar-refractivity contribution in [3.05, 3.63) is 29.8 Å². The third kappa shape index (κ3) is 0.922. The molecule has 0 aromatic heterocycles. The Hall–Kier alpha value is -1.14. The summed E-state index contributed by atoms with van der Waals surface area (Å²) in [4.78, 5) is 3.01. The Balaban J connectivity index is 2.80. The molecule has 0 bridgehead atoms. The van der Waals surface area contributed by atoms with Gasteiger partial charge in [-0.15, -0.1) is 0 Å². The lowest BCUT2D eigenvalue weighted by Gasteiger charge is -1.84. The summed E-state index contributed by atoms with van der Waals surface area (Å²) in [6, 6.07) is 0. The van der Waals surface area contributed by atoms with Crippen molar-refractivity contribution in [1.82, 2.24) is 0 Å². The topological polar surface area (TPSA) is 36.4 Å². The van der Waals surface area contributed by atoms with Crippen molar-refractivity contribution in [3.63, 3.8) is 0 Å². The monoisotopic (exact) mass is 105 g/mol. The first-order chi connectivity index (χ1) is 3.93. The van der Waals surface area contributed by atoms with Gasteiger partial charge in [0.2, 0.25) is 0 Å². The van der Waals surface area contributed by atoms with Crippen LogP contribution in [-0.2, 0) is 0 Å². The molecule has 39 valence electrons. The van der Waals surface area contributed by atoms with E-state index in [1.807, 2.05) is 6.08 Å². The molecule has 0 spiro atoms. The van der Waals surface area contributed by atoms with E-state index in [0.29, 0.717) is 12.1 Å². The van der Waals surface area contributed by atoms with E-state index in [1.54, 1.807) is 12.2 Å². The number of rotatable bonds is 0. The average Bonchev–Trinajstić information content (AvgIpc) is 1.90. The standard InChI is InChI=1S/C6H5N2/c7-8-6-4-2-1-3-5-6/h2-4H,5H2. The summed E-state index contributed by atoms with van der Waals surface area (Å²) < 4.78 is 0. The Morgan fingerprint density at radius 3 is 3.00 bits per heavy atom. The molecule has 0 atom stereocenters. The van der Waals surface area contributed by atoms with E-state index < -0.39 is 0 Å². The first-order valence-electron chi connectivity index (χ1n) is 2.38. The Bertz CT molecular complexity index is 183. The van der Waals surface area contributed by atoms with Crippen LogP contribution in [-0.4, -0.2) is 10.5 Å². The van der Waals surface area contributed by atoms with Crippen LogP contribution >= 0.6 is 0 Å². The normalized spacial score (nSPS) is 16.2. The molecule has 0 saturated carbocycles. The molecule has 1 aliphatic rings. The zero-order valence-electron chi connectivity index (χ0n) is 4.33. The van der Waals surface area contributed by atoms with Gasteiger partial charge in [0.25, 0.3) is 5.71 Å². The van der Waals surface area contributed by atoms with E-state index >= 15 is 0 Å². The summed E-state index contributed by atoms with van der Waals surface area (Å²) in [5.41, 5.74) is 8.86. The highest BCUT2D eigenvalue weighted by Crippen LogP contribution is 1.93. The fourth-order valence-electron chi connectivity index (χ4n) is 0.518. The SMILES string of the molecule is [N-]=[N+]=C1C=C[C]=CC1. The molecular weight excluding hydrogens is 100 g/mol. The number of hydrogen-bond donors (Lipinski definition) is 0. The molecule has 1 radical (unpaired) electrons. The summed E-state index contributed by atoms with van der Waals surface area (Å²) in [5.74, 6) is 0. The zero-order valence-corrected chi connectivity index (χ0v) is 4.33. The Kier molecular flexibility index (Phi) is 1.40. The van der Waals surface area contributed by atoms with E-state index in [2.05, 4.69) is 10.9 Å². The predicted octanol–water partition coefficient (Wildman–Crippen LogP) is 0.976. The van der Waals surface area contributed by atoms with Gasteiger partial charge in [0.15, 0.2) is 0 Å². The molecule has 0 aromatic rings. The highest BCUT2D eigenvalue weighted by molar-refractivity contribution is 5.92. The summed E-state index contributed by atoms with van der Waals surface area (Å²) >= 11 is 0. The minimum absolute atomic E-state index is 0.684. The maximum absolute atomic E-state index is 8.18. The Labute approximate surface area is 47.8 Å². The van der Waals surface area contributed by atoms with E-state index in [0.717, 1.165) is 0 Å². The lowest BCUT2D eigenvalue weighted by atomic mass is 10.2. The predicted molar refractivity (Wildman–Crippen MR) is 30.2 cm³/mol. The van der Waals surface area contributed by atoms with Crippen molar-refractivity contribution in [3.8, 4) is 0 Å². The first kappa shape index (κ1) is 5.01. The average molecular weight is 105 g/mol. The van der Waals surface area contributed by atoms with E-state index in [4.69, 9.17) is 5.53 Å². The lowest BCUT2D eigenvalue weighted by molar-refractivity contribution is -0.00539. The van der Waals surface area contributed by atoms with Gasteiger partial charge in [-0.1, -0.05) is 6.08 Å². The molecule has 8 heavy (non-hydrogen) atoms. The molecule has 1 rings (SSSR count). The summed E-state index contributed by atoms with van der Waals surface area (Å²) in [5, 5.41) is 0. The molecule has 0 saturated heterocycles. The van der Waals surface area contributed by atoms with Gasteiger partial charge in [0.05, 0.1) is 6.42 Å². The van der Waals surface area contributed by atoms with Crippen LogP contribution in [0, 0.1) is 6.08 Å². The van der Waals surface area contributed by atoms with Crippen molar-refractivity contribution >= 4 is 5.71 Å². The highest BCUT2D eigenvalue weighted by Gasteiger charge is 2.00. The van der Waals surface area contributed by atoms with Gasteiger partial charge in [-0.05, 0) is 12.2 Å². The number of hydrogen-bond acceptors (Lipinski definition) is 0. The molecule has 1 aliphatic carbocycles. The lowest BCUT2D eigenvalue weighted by Crippen LogP contribution is -1.94. The van der Waals surface area contributed by atoms with E-state index in [9.17, 15) is 0 Å². The first-order valence-corrected chi connectivity index (χ1v) is 2.38. The maximum atomic E-state index is 8.18. The highest BCUT2D eigenvalue weighted by atomic mass is 14.8. The Morgan fingerprint density at radius 1 is 1.75 bits per heavy atom. The molecule has 0 fully saturated rings. The van der Waals surface area contributed by atoms with Crippen molar-refractivity contribution in [2.75, 3.05) is 0 Å². The second-order valence-corrected chi connectivity index (χ2v) is 1.50. The van der Waals surface area contributed by atoms with Gasteiger partial charge >= 0.3 is 0 Å². The van der Waals surface area contributed by atoms with Crippen molar-refractivity contribution < 1.29 is 4.79 Å². The molecule has 2 nitrogen and oxygen atoms in total. The fourth-order valence-corrected chi connectivity index (χ4v) is 0.518. The molecule has 0 unspecified atom stereocenters. The second kappa shape index (κ2) is 2.24. The fraction of sp³-hybridized carbons (Fsp3) is 0.167. The minimum atomic E-state index is 0.684. The summed E-state index contributed by atoms with van der Waals surface area (Å²) in [7, 11) is 0. The summed E-state index contributed by atoms with van der Waals surface area (Å²) in [6.45, 7) is 0. The smallest absolute Gasteiger partial charge is 0.295 e. The van der Waals surface area contributed by atoms with E-state index in [-0.39, 0.29) is 0 Å². The van der Waals surface area contributed by atoms with Gasteiger partial charge < -0.3 is 5.53 Å². The van der Waals surface area contributed by atoms with Gasteiger partial charge in [0.1, 0.15) is 0 Å². The van der Waals surface area contributed by atoms with Crippen molar-refractivity contribution in [1.29, 1.82) is 0 Å². The van der Waals surface area contributed by atoms with Gasteiger partial charge in [-0.2, -0.15) is 4.79 Å². The quantitative estimate of drug-likeness (QED) is 0.325. The van der Waals surface area contributed by atoms with Crippen LogP contribution in [0.4, 0.5) is 0 Å². The van der Waals surface area contributed by atoms with Gasteiger partial charge in [0, 0.05) is 6.08 Å². The van der Waals surface area contributed by atoms with Gasteiger partial charge in [-0.25, -0.2) is 0 Å². The van der Waals surface area contributed by atoms with Crippen LogP contribution in [0.3, 0.4) is 0 Å². The van der Waals surface area contributed by atoms with E-state index in [1.165, 1.54) is 0 Å². The van der Waals surface area contributed by atoms with Crippen LogP contribution in [0.2, 0.25) is 0 Å². The molecule has 0 amide bonds. The van der Waals surface area contributed by atoms with Crippen LogP contribution in [0.15, 0.2) is 18.2 Å². The summed E-state index contributed by atoms with van der Waals surface area (Å²) in [6.07, 6.45) is 8.80. The maximum Gasteiger partial charge on any atom is 0.295 e. The molecule has 0 aliphatic heterocycles. The molecule has 0 aromatic carbocycles. The van der Waals surface area contributed by atoms with Crippen LogP contribution in [0.5, 0.6) is 0 Å². The number of allylic oxidation sites excluding steroid dienone is 4. The molecular formula is C6H5N2. The molecule has 2 heteroatoms. The van der Waals surface area contributed by atoms with Crippen LogP contribution in [0.1, 0.15) is 6.42 Å². The largest absolute Gasteiger partial charge is 0.361 e.